The molecular formula is C23H23N7O2S. The molecule has 0 saturated carbocycles. The van der Waals surface area contributed by atoms with Gasteiger partial charge in [0.15, 0.2) is 5.16 Å². The van der Waals surface area contributed by atoms with Crippen molar-refractivity contribution in [3.63, 3.8) is 0 Å². The lowest BCUT2D eigenvalue weighted by atomic mass is 10.1. The van der Waals surface area contributed by atoms with Gasteiger partial charge in [-0.1, -0.05) is 53.3 Å². The van der Waals surface area contributed by atoms with E-state index in [0.29, 0.717) is 11.0 Å². The van der Waals surface area contributed by atoms with Gasteiger partial charge in [0.25, 0.3) is 0 Å². The molecule has 2 aromatic carbocycles. The van der Waals surface area contributed by atoms with Crippen molar-refractivity contribution >= 4 is 29.6 Å². The molecule has 0 aliphatic carbocycles. The molecule has 0 bridgehead atoms. The molecule has 1 fully saturated rings. The third kappa shape index (κ3) is 4.90. The van der Waals surface area contributed by atoms with Gasteiger partial charge in [0, 0.05) is 18.7 Å². The van der Waals surface area contributed by atoms with Crippen molar-refractivity contribution in [1.82, 2.24) is 25.0 Å². The highest BCUT2D eigenvalue weighted by atomic mass is 32.2. The molecule has 0 spiro atoms. The van der Waals surface area contributed by atoms with Gasteiger partial charge in [-0.25, -0.2) is 0 Å². The minimum atomic E-state index is -0.259. The standard InChI is InChI=1S/C23H23N7O2S/c31-19(24-21-26-25-20(32-21)17-10-4-1-5-11-17)16-33-23-28-27-22(29-14-8-3-9-15-29)30(23)18-12-6-2-7-13-18/h1-2,4-7,10-13H,3,8-9,14-16H2,(H,24,26,31). The Morgan fingerprint density at radius 2 is 1.64 bits per heavy atom. The smallest absolute Gasteiger partial charge is 0.322 e. The molecule has 10 heteroatoms. The monoisotopic (exact) mass is 461 g/mol. The lowest BCUT2D eigenvalue weighted by Gasteiger charge is -2.27. The first kappa shape index (κ1) is 21.2. The summed E-state index contributed by atoms with van der Waals surface area (Å²) < 4.78 is 7.58. The van der Waals surface area contributed by atoms with E-state index in [4.69, 9.17) is 4.42 Å². The van der Waals surface area contributed by atoms with E-state index >= 15 is 0 Å². The highest BCUT2D eigenvalue weighted by Crippen LogP contribution is 2.28. The molecule has 0 atom stereocenters. The van der Waals surface area contributed by atoms with Crippen LogP contribution in [0.5, 0.6) is 0 Å². The summed E-state index contributed by atoms with van der Waals surface area (Å²) in [7, 11) is 0. The Bertz CT molecular complexity index is 1200. The molecule has 1 aliphatic rings. The van der Waals surface area contributed by atoms with E-state index in [1.54, 1.807) is 0 Å². The number of benzene rings is 2. The minimum absolute atomic E-state index is 0.0676. The predicted octanol–water partition coefficient (Wildman–Crippen LogP) is 4.04. The number of piperidine rings is 1. The first-order chi connectivity index (χ1) is 16.3. The van der Waals surface area contributed by atoms with E-state index in [0.717, 1.165) is 43.1 Å². The van der Waals surface area contributed by atoms with Crippen LogP contribution in [0.3, 0.4) is 0 Å². The van der Waals surface area contributed by atoms with Crippen LogP contribution >= 0.6 is 11.8 Å². The van der Waals surface area contributed by atoms with Crippen molar-refractivity contribution < 1.29 is 9.21 Å². The number of carbonyl (C=O) groups excluding carboxylic acids is 1. The average Bonchev–Trinajstić information content (AvgIpc) is 3.52. The fourth-order valence-corrected chi connectivity index (χ4v) is 4.46. The Labute approximate surface area is 195 Å². The summed E-state index contributed by atoms with van der Waals surface area (Å²) in [6, 6.07) is 19.5. The molecule has 0 radical (unpaired) electrons. The number of anilines is 2. The Morgan fingerprint density at radius 1 is 0.909 bits per heavy atom. The van der Waals surface area contributed by atoms with Crippen molar-refractivity contribution in [2.24, 2.45) is 0 Å². The number of hydrogen-bond donors (Lipinski definition) is 1. The van der Waals surface area contributed by atoms with Gasteiger partial charge in [-0.15, -0.1) is 15.3 Å². The summed E-state index contributed by atoms with van der Waals surface area (Å²) >= 11 is 1.32. The fraction of sp³-hybridized carbons (Fsp3) is 0.261. The van der Waals surface area contributed by atoms with Gasteiger partial charge >= 0.3 is 6.01 Å². The molecule has 3 heterocycles. The van der Waals surface area contributed by atoms with Gasteiger partial charge in [-0.3, -0.25) is 14.7 Å². The highest BCUT2D eigenvalue weighted by Gasteiger charge is 2.22. The zero-order valence-electron chi connectivity index (χ0n) is 17.9. The quantitative estimate of drug-likeness (QED) is 0.412. The second kappa shape index (κ2) is 9.86. The highest BCUT2D eigenvalue weighted by molar-refractivity contribution is 7.99. The normalized spacial score (nSPS) is 13.8. The average molecular weight is 462 g/mol. The molecule has 33 heavy (non-hydrogen) atoms. The Balaban J connectivity index is 1.29. The minimum Gasteiger partial charge on any atom is -0.403 e. The van der Waals surface area contributed by atoms with Crippen LogP contribution in [-0.2, 0) is 4.79 Å². The van der Waals surface area contributed by atoms with Crippen LogP contribution < -0.4 is 10.2 Å². The second-order valence-electron chi connectivity index (χ2n) is 7.62. The largest absolute Gasteiger partial charge is 0.403 e. The molecule has 0 unspecified atom stereocenters. The van der Waals surface area contributed by atoms with Gasteiger partial charge in [-0.05, 0) is 43.5 Å². The number of amides is 1. The summed E-state index contributed by atoms with van der Waals surface area (Å²) in [6.07, 6.45) is 3.52. The predicted molar refractivity (Wildman–Crippen MR) is 127 cm³/mol. The van der Waals surface area contributed by atoms with E-state index in [2.05, 4.69) is 30.6 Å². The molecule has 1 N–H and O–H groups in total. The third-order valence-electron chi connectivity index (χ3n) is 5.29. The maximum atomic E-state index is 12.6. The van der Waals surface area contributed by atoms with E-state index in [1.807, 2.05) is 65.2 Å². The Hall–Kier alpha value is -3.66. The number of thioether (sulfide) groups is 1. The second-order valence-corrected chi connectivity index (χ2v) is 8.56. The molecule has 9 nitrogen and oxygen atoms in total. The molecule has 1 amide bonds. The van der Waals surface area contributed by atoms with Gasteiger partial charge < -0.3 is 9.32 Å². The maximum Gasteiger partial charge on any atom is 0.322 e. The molecular weight excluding hydrogens is 438 g/mol. The fourth-order valence-electron chi connectivity index (χ4n) is 3.71. The first-order valence-corrected chi connectivity index (χ1v) is 11.8. The van der Waals surface area contributed by atoms with Crippen LogP contribution in [0.15, 0.2) is 70.2 Å². The molecule has 5 rings (SSSR count). The zero-order chi connectivity index (χ0) is 22.5. The van der Waals surface area contributed by atoms with Gasteiger partial charge in [0.1, 0.15) is 0 Å². The molecule has 1 aliphatic heterocycles. The molecule has 4 aromatic rings. The Kier molecular flexibility index (Phi) is 6.34. The van der Waals surface area contributed by atoms with Crippen molar-refractivity contribution in [1.29, 1.82) is 0 Å². The summed E-state index contributed by atoms with van der Waals surface area (Å²) in [5, 5.41) is 20.1. The van der Waals surface area contributed by atoms with E-state index in [-0.39, 0.29) is 17.7 Å². The number of nitrogens with zero attached hydrogens (tertiary/aromatic N) is 6. The summed E-state index contributed by atoms with van der Waals surface area (Å²) in [5.41, 5.74) is 1.76. The van der Waals surface area contributed by atoms with Crippen molar-refractivity contribution in [3.05, 3.63) is 60.7 Å². The van der Waals surface area contributed by atoms with Crippen molar-refractivity contribution in [2.45, 2.75) is 24.4 Å². The summed E-state index contributed by atoms with van der Waals surface area (Å²) in [5.74, 6) is 1.04. The lowest BCUT2D eigenvalue weighted by molar-refractivity contribution is -0.113. The lowest BCUT2D eigenvalue weighted by Crippen LogP contribution is -2.31. The molecule has 1 saturated heterocycles. The number of nitrogens with one attached hydrogen (secondary N) is 1. The number of hydrogen-bond acceptors (Lipinski definition) is 8. The number of para-hydroxylation sites is 1. The van der Waals surface area contributed by atoms with Gasteiger partial charge in [-0.2, -0.15) is 0 Å². The van der Waals surface area contributed by atoms with Crippen LogP contribution in [0.25, 0.3) is 17.1 Å². The first-order valence-electron chi connectivity index (χ1n) is 10.9. The van der Waals surface area contributed by atoms with Crippen LogP contribution in [0, 0.1) is 0 Å². The number of carbonyl (C=O) groups is 1. The number of rotatable bonds is 7. The van der Waals surface area contributed by atoms with Gasteiger partial charge in [0.2, 0.25) is 17.7 Å². The van der Waals surface area contributed by atoms with Crippen LogP contribution in [0.4, 0.5) is 12.0 Å². The van der Waals surface area contributed by atoms with Crippen molar-refractivity contribution in [2.75, 3.05) is 29.1 Å². The van der Waals surface area contributed by atoms with E-state index in [9.17, 15) is 4.79 Å². The van der Waals surface area contributed by atoms with E-state index in [1.165, 1.54) is 18.2 Å². The third-order valence-corrected chi connectivity index (χ3v) is 6.22. The summed E-state index contributed by atoms with van der Waals surface area (Å²) in [4.78, 5) is 14.8. The Morgan fingerprint density at radius 3 is 2.39 bits per heavy atom. The summed E-state index contributed by atoms with van der Waals surface area (Å²) in [6.45, 7) is 1.91. The van der Waals surface area contributed by atoms with Gasteiger partial charge in [0.05, 0.1) is 11.4 Å². The van der Waals surface area contributed by atoms with Crippen LogP contribution in [0.1, 0.15) is 19.3 Å². The van der Waals surface area contributed by atoms with E-state index < -0.39 is 0 Å². The van der Waals surface area contributed by atoms with Crippen LogP contribution in [0.2, 0.25) is 0 Å². The SMILES string of the molecule is O=C(CSc1nnc(N2CCCCC2)n1-c1ccccc1)Nc1nnc(-c2ccccc2)o1. The number of aromatic nitrogens is 5. The van der Waals surface area contributed by atoms with Crippen LogP contribution in [-0.4, -0.2) is 49.7 Å². The molecule has 168 valence electrons. The maximum absolute atomic E-state index is 12.6. The molecule has 2 aromatic heterocycles. The zero-order valence-corrected chi connectivity index (χ0v) is 18.7. The van der Waals surface area contributed by atoms with Crippen molar-refractivity contribution in [3.8, 4) is 17.1 Å². The topological polar surface area (TPSA) is 102 Å².